The van der Waals surface area contributed by atoms with Gasteiger partial charge in [-0.1, -0.05) is 19.3 Å². The summed E-state index contributed by atoms with van der Waals surface area (Å²) in [6.45, 7) is 6.21. The van der Waals surface area contributed by atoms with Crippen molar-refractivity contribution < 1.29 is 22.7 Å². The second kappa shape index (κ2) is 10.1. The molecule has 5 aliphatic rings. The third-order valence-corrected chi connectivity index (χ3v) is 10.4. The molecule has 0 bridgehead atoms. The number of ether oxygens (including phenoxy) is 2. The van der Waals surface area contributed by atoms with Gasteiger partial charge in [0.2, 0.25) is 5.91 Å². The van der Waals surface area contributed by atoms with Gasteiger partial charge in [-0.15, -0.1) is 0 Å². The Morgan fingerprint density at radius 1 is 0.758 bits per heavy atom. The summed E-state index contributed by atoms with van der Waals surface area (Å²) in [6.07, 6.45) is 9.23. The molecule has 33 heavy (non-hydrogen) atoms. The van der Waals surface area contributed by atoms with Crippen molar-refractivity contribution >= 4 is 16.1 Å². The van der Waals surface area contributed by atoms with Crippen molar-refractivity contribution in [3.8, 4) is 0 Å². The van der Waals surface area contributed by atoms with Gasteiger partial charge >= 0.3 is 0 Å². The molecule has 4 saturated heterocycles. The number of carbonyl (C=O) groups is 1. The molecule has 0 aromatic heterocycles. The van der Waals surface area contributed by atoms with E-state index in [0.29, 0.717) is 58.3 Å². The van der Waals surface area contributed by atoms with Gasteiger partial charge in [0.05, 0.1) is 19.1 Å². The highest BCUT2D eigenvalue weighted by Crippen LogP contribution is 2.33. The van der Waals surface area contributed by atoms with Gasteiger partial charge in [-0.3, -0.25) is 9.69 Å². The van der Waals surface area contributed by atoms with Gasteiger partial charge in [-0.25, -0.2) is 0 Å². The lowest BCUT2D eigenvalue weighted by atomic mass is 9.93. The molecule has 0 radical (unpaired) electrons. The minimum absolute atomic E-state index is 0.142. The van der Waals surface area contributed by atoms with Gasteiger partial charge in [-0.05, 0) is 25.7 Å². The van der Waals surface area contributed by atoms with Crippen molar-refractivity contribution in [2.75, 3.05) is 65.6 Å². The number of rotatable bonds is 4. The van der Waals surface area contributed by atoms with Crippen LogP contribution in [0.4, 0.5) is 0 Å². The maximum Gasteiger partial charge on any atom is 0.282 e. The van der Waals surface area contributed by atoms with Crippen molar-refractivity contribution in [3.63, 3.8) is 0 Å². The highest BCUT2D eigenvalue weighted by atomic mass is 32.2. The highest BCUT2D eigenvalue weighted by Gasteiger charge is 2.45. The number of hydrogen-bond acceptors (Lipinski definition) is 6. The van der Waals surface area contributed by atoms with E-state index in [9.17, 15) is 13.2 Å². The van der Waals surface area contributed by atoms with Gasteiger partial charge in [0, 0.05) is 71.2 Å². The number of nitrogens with zero attached hydrogens (tertiary/aromatic N) is 4. The summed E-state index contributed by atoms with van der Waals surface area (Å²) in [5.41, 5.74) is 0. The van der Waals surface area contributed by atoms with Crippen molar-refractivity contribution in [1.29, 1.82) is 0 Å². The van der Waals surface area contributed by atoms with E-state index in [2.05, 4.69) is 4.90 Å². The predicted octanol–water partition coefficient (Wildman–Crippen LogP) is 1.26. The maximum absolute atomic E-state index is 13.3. The molecule has 10 heteroatoms. The molecule has 5 rings (SSSR count). The number of amides is 1. The minimum Gasteiger partial charge on any atom is -0.347 e. The summed E-state index contributed by atoms with van der Waals surface area (Å²) in [6, 6.07) is 0.690. The van der Waals surface area contributed by atoms with Crippen molar-refractivity contribution in [3.05, 3.63) is 0 Å². The number of carbonyl (C=O) groups excluding carboxylic acids is 1. The lowest BCUT2D eigenvalue weighted by molar-refractivity contribution is -0.179. The van der Waals surface area contributed by atoms with Crippen LogP contribution >= 0.6 is 0 Å². The first-order valence-corrected chi connectivity index (χ1v) is 14.4. The quantitative estimate of drug-likeness (QED) is 0.598. The first-order chi connectivity index (χ1) is 16.0. The Morgan fingerprint density at radius 3 is 2.09 bits per heavy atom. The van der Waals surface area contributed by atoms with Gasteiger partial charge in [0.25, 0.3) is 10.2 Å². The molecular weight excluding hydrogens is 444 g/mol. The summed E-state index contributed by atoms with van der Waals surface area (Å²) in [5, 5.41) is 0. The largest absolute Gasteiger partial charge is 0.347 e. The van der Waals surface area contributed by atoms with Crippen LogP contribution in [0.5, 0.6) is 0 Å². The number of piperazine rings is 1. The van der Waals surface area contributed by atoms with Gasteiger partial charge < -0.3 is 14.4 Å². The fraction of sp³-hybridized carbons (Fsp3) is 0.957. The SMILES string of the molecule is O=C(C1CCCN(S(=O)(=O)N2CCC3(CC2)OCCO3)C1)N1CCN(C2CCCCC2)CC1. The van der Waals surface area contributed by atoms with Crippen LogP contribution in [0.2, 0.25) is 0 Å². The molecule has 188 valence electrons. The monoisotopic (exact) mass is 484 g/mol. The molecule has 0 aromatic rings. The molecule has 1 unspecified atom stereocenters. The fourth-order valence-corrected chi connectivity index (χ4v) is 8.07. The molecule has 1 aliphatic carbocycles. The van der Waals surface area contributed by atoms with Gasteiger partial charge in [0.15, 0.2) is 5.79 Å². The Bertz CT molecular complexity index is 779. The van der Waals surface area contributed by atoms with E-state index >= 15 is 0 Å². The third kappa shape index (κ3) is 5.11. The van der Waals surface area contributed by atoms with Crippen LogP contribution in [-0.2, 0) is 24.5 Å². The standard InChI is InChI=1S/C23H40N4O5S/c28-22(25-15-13-24(14-16-25)21-6-2-1-3-7-21)20-5-4-10-27(19-20)33(29,30)26-11-8-23(9-12-26)31-17-18-32-23/h20-21H,1-19H2. The van der Waals surface area contributed by atoms with E-state index < -0.39 is 16.0 Å². The average molecular weight is 485 g/mol. The minimum atomic E-state index is -3.58. The van der Waals surface area contributed by atoms with Crippen molar-refractivity contribution in [2.24, 2.45) is 5.92 Å². The molecule has 1 saturated carbocycles. The maximum atomic E-state index is 13.3. The first kappa shape index (κ1) is 23.9. The van der Waals surface area contributed by atoms with E-state index in [1.807, 2.05) is 4.90 Å². The lowest BCUT2D eigenvalue weighted by Crippen LogP contribution is -2.57. The Morgan fingerprint density at radius 2 is 1.42 bits per heavy atom. The highest BCUT2D eigenvalue weighted by molar-refractivity contribution is 7.86. The van der Waals surface area contributed by atoms with E-state index in [1.165, 1.54) is 32.1 Å². The normalized spacial score (nSPS) is 31.3. The smallest absolute Gasteiger partial charge is 0.282 e. The molecule has 1 atom stereocenters. The summed E-state index contributed by atoms with van der Waals surface area (Å²) >= 11 is 0. The first-order valence-electron chi connectivity index (χ1n) is 13.0. The molecule has 4 heterocycles. The number of hydrogen-bond donors (Lipinski definition) is 0. The molecule has 0 N–H and O–H groups in total. The molecule has 1 spiro atoms. The summed E-state index contributed by atoms with van der Waals surface area (Å²) in [5.74, 6) is -0.678. The third-order valence-electron chi connectivity index (χ3n) is 8.40. The van der Waals surface area contributed by atoms with Gasteiger partial charge in [0.1, 0.15) is 0 Å². The Kier molecular flexibility index (Phi) is 7.30. The van der Waals surface area contributed by atoms with E-state index in [-0.39, 0.29) is 11.8 Å². The summed E-state index contributed by atoms with van der Waals surface area (Å²) < 4.78 is 41.3. The Balaban J connectivity index is 1.14. The van der Waals surface area contributed by atoms with Crippen LogP contribution in [0.1, 0.15) is 57.8 Å². The van der Waals surface area contributed by atoms with Crippen LogP contribution in [0.25, 0.3) is 0 Å². The van der Waals surface area contributed by atoms with E-state index in [1.54, 1.807) is 8.61 Å². The van der Waals surface area contributed by atoms with E-state index in [0.717, 1.165) is 39.0 Å². The predicted molar refractivity (Wildman–Crippen MR) is 124 cm³/mol. The zero-order valence-corrected chi connectivity index (χ0v) is 20.6. The second-order valence-corrected chi connectivity index (χ2v) is 12.3. The van der Waals surface area contributed by atoms with Crippen LogP contribution < -0.4 is 0 Å². The van der Waals surface area contributed by atoms with Crippen LogP contribution in [0.15, 0.2) is 0 Å². The summed E-state index contributed by atoms with van der Waals surface area (Å²) in [4.78, 5) is 17.9. The van der Waals surface area contributed by atoms with Crippen LogP contribution in [0.3, 0.4) is 0 Å². The number of piperidine rings is 2. The summed E-state index contributed by atoms with van der Waals surface area (Å²) in [7, 11) is -3.58. The average Bonchev–Trinajstić information content (AvgIpc) is 3.32. The molecule has 4 aliphatic heterocycles. The molecular formula is C23H40N4O5S. The topological polar surface area (TPSA) is 82.6 Å². The van der Waals surface area contributed by atoms with Crippen LogP contribution in [0, 0.1) is 5.92 Å². The Labute approximate surface area is 198 Å². The van der Waals surface area contributed by atoms with Crippen molar-refractivity contribution in [1.82, 2.24) is 18.4 Å². The van der Waals surface area contributed by atoms with Gasteiger partial charge in [-0.2, -0.15) is 17.0 Å². The lowest BCUT2D eigenvalue weighted by Gasteiger charge is -2.43. The zero-order valence-electron chi connectivity index (χ0n) is 19.8. The fourth-order valence-electron chi connectivity index (χ4n) is 6.37. The molecule has 9 nitrogen and oxygen atoms in total. The second-order valence-electron chi connectivity index (χ2n) is 10.4. The van der Waals surface area contributed by atoms with Crippen molar-refractivity contribution in [2.45, 2.75) is 69.6 Å². The molecule has 5 fully saturated rings. The zero-order chi connectivity index (χ0) is 22.9. The molecule has 1 amide bonds. The Hall–Kier alpha value is -0.780. The molecule has 0 aromatic carbocycles. The van der Waals surface area contributed by atoms with E-state index in [4.69, 9.17) is 9.47 Å². The van der Waals surface area contributed by atoms with Crippen LogP contribution in [-0.4, -0.2) is 110 Å².